The van der Waals surface area contributed by atoms with Crippen molar-refractivity contribution in [1.82, 2.24) is 4.67 Å². The maximum Gasteiger partial charge on any atom is 1.00 e. The molecule has 0 atom stereocenters. The van der Waals surface area contributed by atoms with Crippen LogP contribution < -0.4 is 68.9 Å². The van der Waals surface area contributed by atoms with E-state index in [0.29, 0.717) is 13.1 Å². The number of hydrogen-bond donors (Lipinski definition) is 0. The SMILES string of the molecule is [Na+].[Na+].[O-]P([O-])(=S)N1CCCCC1. The Morgan fingerprint density at radius 1 is 1.00 bits per heavy atom. The molecule has 1 aliphatic heterocycles. The monoisotopic (exact) mass is 225 g/mol. The molecule has 0 bridgehead atoms. The fourth-order valence-electron chi connectivity index (χ4n) is 1.12. The van der Waals surface area contributed by atoms with E-state index >= 15 is 0 Å². The molecule has 12 heavy (non-hydrogen) atoms. The summed E-state index contributed by atoms with van der Waals surface area (Å²) in [5, 5.41) is 0. The van der Waals surface area contributed by atoms with Crippen molar-refractivity contribution >= 4 is 18.4 Å². The zero-order chi connectivity index (χ0) is 7.61. The maximum atomic E-state index is 10.8. The summed E-state index contributed by atoms with van der Waals surface area (Å²) in [5.74, 6) is 0. The first-order valence-electron chi connectivity index (χ1n) is 3.38. The average molecular weight is 225 g/mol. The first-order valence-corrected chi connectivity index (χ1v) is 5.97. The molecule has 0 saturated carbocycles. The van der Waals surface area contributed by atoms with Crippen LogP contribution in [0.4, 0.5) is 0 Å². The molecule has 0 spiro atoms. The Bertz CT molecular complexity index is 160. The normalized spacial score (nSPS) is 19.2. The molecule has 0 amide bonds. The Labute approximate surface area is 123 Å². The van der Waals surface area contributed by atoms with Crippen LogP contribution >= 0.6 is 6.64 Å². The molecule has 1 rings (SSSR count). The second-order valence-corrected chi connectivity index (χ2v) is 5.37. The summed E-state index contributed by atoms with van der Waals surface area (Å²) in [6.45, 7) is -2.32. The second kappa shape index (κ2) is 7.77. The van der Waals surface area contributed by atoms with E-state index in [4.69, 9.17) is 0 Å². The Hall–Kier alpha value is 2.53. The Kier molecular flexibility index (Phi) is 11.0. The molecule has 0 radical (unpaired) electrons. The van der Waals surface area contributed by atoms with E-state index in [1.807, 2.05) is 0 Å². The van der Waals surface area contributed by atoms with E-state index in [9.17, 15) is 9.79 Å². The molecular weight excluding hydrogens is 215 g/mol. The van der Waals surface area contributed by atoms with Gasteiger partial charge in [0.05, 0.1) is 0 Å². The molecular formula is C5H10NNa2O2PS. The first kappa shape index (κ1) is 16.9. The molecule has 0 aromatic rings. The standard InChI is InChI=1S/C5H12NO2PS.2Na/c7-9(8,10)6-4-2-1-3-5-6;;/h1-5H2,(H2,7,8,10);;/q;2*+1/p-2. The van der Waals surface area contributed by atoms with Gasteiger partial charge >= 0.3 is 59.1 Å². The summed E-state index contributed by atoms with van der Waals surface area (Å²) < 4.78 is 1.39. The second-order valence-electron chi connectivity index (χ2n) is 2.48. The van der Waals surface area contributed by atoms with Gasteiger partial charge in [-0.1, -0.05) is 6.42 Å². The smallest absolute Gasteiger partial charge is 0.821 e. The quantitative estimate of drug-likeness (QED) is 0.329. The van der Waals surface area contributed by atoms with Crippen LogP contribution in [0, 0.1) is 0 Å². The number of hydrogen-bond acceptors (Lipinski definition) is 3. The van der Waals surface area contributed by atoms with E-state index in [0.717, 1.165) is 19.3 Å². The molecule has 0 aromatic carbocycles. The number of rotatable bonds is 1. The van der Waals surface area contributed by atoms with Crippen LogP contribution in [0.2, 0.25) is 0 Å². The summed E-state index contributed by atoms with van der Waals surface area (Å²) in [5.41, 5.74) is 0. The maximum absolute atomic E-state index is 10.8. The Balaban J connectivity index is 0. The van der Waals surface area contributed by atoms with Crippen LogP contribution in [0.25, 0.3) is 0 Å². The predicted molar refractivity (Wildman–Crippen MR) is 39.7 cm³/mol. The third-order valence-corrected chi connectivity index (χ3v) is 3.46. The van der Waals surface area contributed by atoms with Gasteiger partial charge in [0.25, 0.3) is 0 Å². The summed E-state index contributed by atoms with van der Waals surface area (Å²) in [6.07, 6.45) is 3.05. The Morgan fingerprint density at radius 3 is 1.67 bits per heavy atom. The molecule has 1 aliphatic rings. The third kappa shape index (κ3) is 6.10. The van der Waals surface area contributed by atoms with Crippen molar-refractivity contribution in [1.29, 1.82) is 0 Å². The van der Waals surface area contributed by atoms with Crippen molar-refractivity contribution in [2.75, 3.05) is 13.1 Å². The summed E-state index contributed by atoms with van der Waals surface area (Å²) in [4.78, 5) is 21.5. The minimum atomic E-state index is -3.57. The van der Waals surface area contributed by atoms with Crippen molar-refractivity contribution in [3.8, 4) is 0 Å². The van der Waals surface area contributed by atoms with Crippen molar-refractivity contribution in [3.05, 3.63) is 0 Å². The Morgan fingerprint density at radius 2 is 1.42 bits per heavy atom. The van der Waals surface area contributed by atoms with Gasteiger partial charge in [0.15, 0.2) is 0 Å². The van der Waals surface area contributed by atoms with E-state index in [-0.39, 0.29) is 59.1 Å². The van der Waals surface area contributed by atoms with Crippen LogP contribution in [0.1, 0.15) is 19.3 Å². The van der Waals surface area contributed by atoms with Gasteiger partial charge in [-0.25, -0.2) is 0 Å². The van der Waals surface area contributed by atoms with Gasteiger partial charge < -0.3 is 14.5 Å². The van der Waals surface area contributed by atoms with Crippen molar-refractivity contribution in [2.24, 2.45) is 0 Å². The molecule has 1 fully saturated rings. The first-order chi connectivity index (χ1) is 4.61. The summed E-state index contributed by atoms with van der Waals surface area (Å²) in [7, 11) is 0. The molecule has 0 unspecified atom stereocenters. The summed E-state index contributed by atoms with van der Waals surface area (Å²) >= 11 is 4.33. The molecule has 60 valence electrons. The molecule has 7 heteroatoms. The van der Waals surface area contributed by atoms with E-state index in [2.05, 4.69) is 11.8 Å². The van der Waals surface area contributed by atoms with Crippen LogP contribution in [-0.4, -0.2) is 17.8 Å². The van der Waals surface area contributed by atoms with Gasteiger partial charge in [0, 0.05) is 13.1 Å². The molecule has 0 N–H and O–H groups in total. The van der Waals surface area contributed by atoms with Crippen molar-refractivity contribution in [2.45, 2.75) is 19.3 Å². The van der Waals surface area contributed by atoms with Gasteiger partial charge in [-0.3, -0.25) is 0 Å². The van der Waals surface area contributed by atoms with Crippen LogP contribution in [-0.2, 0) is 11.8 Å². The number of nitrogens with zero attached hydrogens (tertiary/aromatic N) is 1. The summed E-state index contributed by atoms with van der Waals surface area (Å²) in [6, 6.07) is 0. The molecule has 1 heterocycles. The van der Waals surface area contributed by atoms with Gasteiger partial charge in [-0.2, -0.15) is 0 Å². The number of piperidine rings is 1. The molecule has 1 saturated heterocycles. The van der Waals surface area contributed by atoms with Crippen LogP contribution in [0.5, 0.6) is 0 Å². The van der Waals surface area contributed by atoms with Crippen LogP contribution in [0.15, 0.2) is 0 Å². The van der Waals surface area contributed by atoms with Gasteiger partial charge in [0.1, 0.15) is 0 Å². The van der Waals surface area contributed by atoms with Crippen molar-refractivity contribution in [3.63, 3.8) is 0 Å². The fourth-order valence-corrected chi connectivity index (χ4v) is 2.38. The zero-order valence-electron chi connectivity index (χ0n) is 7.65. The largest absolute Gasteiger partial charge is 1.00 e. The topological polar surface area (TPSA) is 49.4 Å². The van der Waals surface area contributed by atoms with Crippen LogP contribution in [0.3, 0.4) is 0 Å². The molecule has 0 aliphatic carbocycles. The zero-order valence-corrected chi connectivity index (χ0v) is 13.4. The van der Waals surface area contributed by atoms with E-state index in [1.165, 1.54) is 4.67 Å². The van der Waals surface area contributed by atoms with E-state index < -0.39 is 6.64 Å². The molecule has 3 nitrogen and oxygen atoms in total. The van der Waals surface area contributed by atoms with Crippen molar-refractivity contribution < 1.29 is 68.9 Å². The predicted octanol–water partition coefficient (Wildman–Crippen LogP) is -6.57. The van der Waals surface area contributed by atoms with Gasteiger partial charge in [-0.15, -0.1) is 18.4 Å². The third-order valence-electron chi connectivity index (χ3n) is 1.68. The molecule has 0 aromatic heterocycles. The van der Waals surface area contributed by atoms with E-state index in [1.54, 1.807) is 0 Å². The fraction of sp³-hybridized carbons (Fsp3) is 1.00. The van der Waals surface area contributed by atoms with Gasteiger partial charge in [-0.05, 0) is 12.8 Å². The van der Waals surface area contributed by atoms with Gasteiger partial charge in [0.2, 0.25) is 0 Å². The minimum absolute atomic E-state index is 0. The minimum Gasteiger partial charge on any atom is -0.821 e. The average Bonchev–Trinajstić information content (AvgIpc) is 1.88.